The summed E-state index contributed by atoms with van der Waals surface area (Å²) >= 11 is 0. The van der Waals surface area contributed by atoms with Gasteiger partial charge in [0.15, 0.2) is 17.5 Å². The average Bonchev–Trinajstić information content (AvgIpc) is 2.42. The number of halogens is 3. The first-order valence-corrected chi connectivity index (χ1v) is 6.44. The fourth-order valence-electron chi connectivity index (χ4n) is 1.79. The van der Waals surface area contributed by atoms with E-state index in [4.69, 9.17) is 10.5 Å². The molecule has 3 nitrogen and oxygen atoms in total. The summed E-state index contributed by atoms with van der Waals surface area (Å²) in [5.41, 5.74) is 6.75. The molecule has 0 aliphatic carbocycles. The highest BCUT2D eigenvalue weighted by Gasteiger charge is 2.11. The Balaban J connectivity index is 2.24. The summed E-state index contributed by atoms with van der Waals surface area (Å²) in [6.07, 6.45) is 0.839. The predicted octanol–water partition coefficient (Wildman–Crippen LogP) is 4.22. The van der Waals surface area contributed by atoms with E-state index in [-0.39, 0.29) is 5.69 Å². The molecule has 0 spiro atoms. The summed E-state index contributed by atoms with van der Waals surface area (Å²) in [5.74, 6) is -3.48. The second kappa shape index (κ2) is 6.39. The number of hydrogen-bond acceptors (Lipinski definition) is 3. The molecule has 0 saturated heterocycles. The van der Waals surface area contributed by atoms with E-state index in [0.717, 1.165) is 18.6 Å². The second-order valence-corrected chi connectivity index (χ2v) is 4.52. The maximum absolute atomic E-state index is 13.2. The van der Waals surface area contributed by atoms with Crippen LogP contribution >= 0.6 is 0 Å². The molecule has 6 heteroatoms. The van der Waals surface area contributed by atoms with Crippen LogP contribution in [0.5, 0.6) is 5.75 Å². The van der Waals surface area contributed by atoms with Crippen molar-refractivity contribution in [3.05, 3.63) is 47.8 Å². The summed E-state index contributed by atoms with van der Waals surface area (Å²) in [6, 6.07) is 6.61. The van der Waals surface area contributed by atoms with Crippen LogP contribution in [-0.2, 0) is 0 Å². The molecule has 112 valence electrons. The van der Waals surface area contributed by atoms with Crippen molar-refractivity contribution in [2.75, 3.05) is 17.7 Å². The molecule has 0 fully saturated rings. The number of rotatable bonds is 5. The Morgan fingerprint density at radius 3 is 2.24 bits per heavy atom. The van der Waals surface area contributed by atoms with Gasteiger partial charge in [-0.15, -0.1) is 0 Å². The first-order chi connectivity index (χ1) is 9.99. The van der Waals surface area contributed by atoms with Gasteiger partial charge in [0, 0.05) is 41.3 Å². The zero-order valence-electron chi connectivity index (χ0n) is 11.4. The van der Waals surface area contributed by atoms with E-state index in [0.29, 0.717) is 23.7 Å². The molecule has 2 aromatic carbocycles. The van der Waals surface area contributed by atoms with E-state index in [2.05, 4.69) is 5.32 Å². The monoisotopic (exact) mass is 296 g/mol. The molecule has 0 bridgehead atoms. The van der Waals surface area contributed by atoms with Gasteiger partial charge in [-0.3, -0.25) is 0 Å². The van der Waals surface area contributed by atoms with Gasteiger partial charge >= 0.3 is 0 Å². The van der Waals surface area contributed by atoms with Gasteiger partial charge in [-0.05, 0) is 12.5 Å². The minimum atomic E-state index is -1.50. The lowest BCUT2D eigenvalue weighted by Crippen LogP contribution is -1.99. The molecule has 0 unspecified atom stereocenters. The highest BCUT2D eigenvalue weighted by atomic mass is 19.2. The Morgan fingerprint density at radius 2 is 1.62 bits per heavy atom. The summed E-state index contributed by atoms with van der Waals surface area (Å²) in [7, 11) is 0. The van der Waals surface area contributed by atoms with E-state index >= 15 is 0 Å². The van der Waals surface area contributed by atoms with Crippen LogP contribution in [0.25, 0.3) is 0 Å². The molecule has 0 aliphatic rings. The Labute approximate surface area is 120 Å². The van der Waals surface area contributed by atoms with Crippen LogP contribution in [-0.4, -0.2) is 6.61 Å². The van der Waals surface area contributed by atoms with Gasteiger partial charge in [-0.25, -0.2) is 13.2 Å². The summed E-state index contributed by atoms with van der Waals surface area (Å²) in [6.45, 7) is 2.50. The summed E-state index contributed by atoms with van der Waals surface area (Å²) < 4.78 is 44.7. The number of nitrogen functional groups attached to an aromatic ring is 1. The molecule has 0 radical (unpaired) electrons. The fraction of sp³-hybridized carbons (Fsp3) is 0.200. The highest BCUT2D eigenvalue weighted by molar-refractivity contribution is 5.66. The van der Waals surface area contributed by atoms with E-state index in [1.807, 2.05) is 6.92 Å². The van der Waals surface area contributed by atoms with Crippen molar-refractivity contribution >= 4 is 17.1 Å². The number of benzene rings is 2. The quantitative estimate of drug-likeness (QED) is 0.641. The first-order valence-electron chi connectivity index (χ1n) is 6.44. The maximum atomic E-state index is 13.2. The average molecular weight is 296 g/mol. The third kappa shape index (κ3) is 3.81. The minimum absolute atomic E-state index is 0.0819. The van der Waals surface area contributed by atoms with Crippen LogP contribution in [0, 0.1) is 17.5 Å². The molecule has 0 saturated carbocycles. The summed E-state index contributed by atoms with van der Waals surface area (Å²) in [5, 5.41) is 2.76. The van der Waals surface area contributed by atoms with E-state index in [1.165, 1.54) is 0 Å². The molecule has 0 amide bonds. The minimum Gasteiger partial charge on any atom is -0.493 e. The molecule has 0 aliphatic heterocycles. The largest absolute Gasteiger partial charge is 0.493 e. The zero-order chi connectivity index (χ0) is 15.4. The van der Waals surface area contributed by atoms with Crippen molar-refractivity contribution in [2.24, 2.45) is 0 Å². The van der Waals surface area contributed by atoms with Gasteiger partial charge in [0.05, 0.1) is 6.61 Å². The van der Waals surface area contributed by atoms with Gasteiger partial charge in [0.1, 0.15) is 5.75 Å². The van der Waals surface area contributed by atoms with Crippen molar-refractivity contribution in [1.82, 2.24) is 0 Å². The van der Waals surface area contributed by atoms with E-state index in [9.17, 15) is 13.2 Å². The summed E-state index contributed by atoms with van der Waals surface area (Å²) in [4.78, 5) is 0. The lowest BCUT2D eigenvalue weighted by molar-refractivity contribution is 0.318. The molecule has 3 N–H and O–H groups in total. The van der Waals surface area contributed by atoms with Crippen molar-refractivity contribution in [3.8, 4) is 5.75 Å². The van der Waals surface area contributed by atoms with Crippen LogP contribution in [0.4, 0.5) is 30.2 Å². The van der Waals surface area contributed by atoms with Gasteiger partial charge in [-0.2, -0.15) is 0 Å². The van der Waals surface area contributed by atoms with Gasteiger partial charge in [0.2, 0.25) is 0 Å². The molecule has 21 heavy (non-hydrogen) atoms. The standard InChI is InChI=1S/C15H15F3N2O/c1-2-3-21-12-5-9(19)4-10(6-12)20-11-7-13(16)15(18)14(17)8-11/h4-8,20H,2-3,19H2,1H3. The van der Waals surface area contributed by atoms with Crippen LogP contribution in [0.1, 0.15) is 13.3 Å². The topological polar surface area (TPSA) is 47.3 Å². The van der Waals surface area contributed by atoms with Crippen molar-refractivity contribution in [1.29, 1.82) is 0 Å². The lowest BCUT2D eigenvalue weighted by Gasteiger charge is -2.11. The third-order valence-electron chi connectivity index (χ3n) is 2.67. The molecular weight excluding hydrogens is 281 g/mol. The number of nitrogens with one attached hydrogen (secondary N) is 1. The van der Waals surface area contributed by atoms with Crippen molar-refractivity contribution in [2.45, 2.75) is 13.3 Å². The molecular formula is C15H15F3N2O. The van der Waals surface area contributed by atoms with Crippen LogP contribution in [0.15, 0.2) is 30.3 Å². The molecule has 2 rings (SSSR count). The molecule has 0 atom stereocenters. The molecule has 0 heterocycles. The SMILES string of the molecule is CCCOc1cc(N)cc(Nc2cc(F)c(F)c(F)c2)c1. The predicted molar refractivity (Wildman–Crippen MR) is 76.2 cm³/mol. The maximum Gasteiger partial charge on any atom is 0.194 e. The normalized spacial score (nSPS) is 10.5. The Kier molecular flexibility index (Phi) is 4.57. The number of ether oxygens (including phenoxy) is 1. The van der Waals surface area contributed by atoms with Gasteiger partial charge < -0.3 is 15.8 Å². The van der Waals surface area contributed by atoms with Crippen LogP contribution in [0.3, 0.4) is 0 Å². The molecule has 2 aromatic rings. The van der Waals surface area contributed by atoms with E-state index < -0.39 is 17.5 Å². The smallest absolute Gasteiger partial charge is 0.194 e. The number of nitrogens with two attached hydrogens (primary N) is 1. The van der Waals surface area contributed by atoms with Gasteiger partial charge in [-0.1, -0.05) is 6.92 Å². The zero-order valence-corrected chi connectivity index (χ0v) is 11.4. The van der Waals surface area contributed by atoms with Crippen molar-refractivity contribution in [3.63, 3.8) is 0 Å². The fourth-order valence-corrected chi connectivity index (χ4v) is 1.79. The highest BCUT2D eigenvalue weighted by Crippen LogP contribution is 2.27. The Bertz CT molecular complexity index is 624. The lowest BCUT2D eigenvalue weighted by atomic mass is 10.2. The number of anilines is 3. The van der Waals surface area contributed by atoms with Crippen molar-refractivity contribution < 1.29 is 17.9 Å². The van der Waals surface area contributed by atoms with E-state index in [1.54, 1.807) is 18.2 Å². The molecule has 0 aromatic heterocycles. The van der Waals surface area contributed by atoms with Gasteiger partial charge in [0.25, 0.3) is 0 Å². The second-order valence-electron chi connectivity index (χ2n) is 4.52. The number of hydrogen-bond donors (Lipinski definition) is 2. The Morgan fingerprint density at radius 1 is 1.00 bits per heavy atom. The van der Waals surface area contributed by atoms with Crippen LogP contribution < -0.4 is 15.8 Å². The Hall–Kier alpha value is -2.37. The third-order valence-corrected chi connectivity index (χ3v) is 2.67. The first kappa shape index (κ1) is 15.0. The van der Waals surface area contributed by atoms with Crippen LogP contribution in [0.2, 0.25) is 0 Å².